The van der Waals surface area contributed by atoms with Gasteiger partial charge >= 0.3 is 0 Å². The molecule has 2 heteroatoms. The summed E-state index contributed by atoms with van der Waals surface area (Å²) >= 11 is 0. The lowest BCUT2D eigenvalue weighted by molar-refractivity contribution is 0.695. The third kappa shape index (κ3) is 5.70. The Labute approximate surface area is 176 Å². The number of hydrogen-bond acceptors (Lipinski definition) is 0. The summed E-state index contributed by atoms with van der Waals surface area (Å²) in [4.78, 5) is 0. The van der Waals surface area contributed by atoms with Crippen molar-refractivity contribution in [1.82, 2.24) is 0 Å². The van der Waals surface area contributed by atoms with Crippen LogP contribution in [-0.4, -0.2) is 15.2 Å². The molecule has 28 heavy (non-hydrogen) atoms. The van der Waals surface area contributed by atoms with Crippen LogP contribution in [0.5, 0.6) is 0 Å². The Morgan fingerprint density at radius 2 is 0.857 bits per heavy atom. The fourth-order valence-electron chi connectivity index (χ4n) is 4.90. The van der Waals surface area contributed by atoms with Crippen LogP contribution < -0.4 is 10.4 Å². The lowest BCUT2D eigenvalue weighted by atomic mass is 10.2. The second-order valence-electron chi connectivity index (χ2n) is 9.02. The maximum atomic E-state index is 2.74. The van der Waals surface area contributed by atoms with Gasteiger partial charge in [-0.05, 0) is 0 Å². The third-order valence-corrected chi connectivity index (χ3v) is 26.0. The van der Waals surface area contributed by atoms with Crippen LogP contribution in [0.2, 0.25) is 25.2 Å². The summed E-state index contributed by atoms with van der Waals surface area (Å²) in [6, 6.07) is 26.3. The molecule has 0 heterocycles. The average Bonchev–Trinajstić information content (AvgIpc) is 2.75. The summed E-state index contributed by atoms with van der Waals surface area (Å²) in [5, 5.41) is 3.42. The molecule has 2 rings (SSSR count). The fourth-order valence-corrected chi connectivity index (χ4v) is 20.8. The van der Waals surface area contributed by atoms with Crippen molar-refractivity contribution in [2.24, 2.45) is 0 Å². The molecule has 0 saturated heterocycles. The van der Waals surface area contributed by atoms with Crippen molar-refractivity contribution in [2.75, 3.05) is 0 Å². The summed E-state index contributed by atoms with van der Waals surface area (Å²) in [5.41, 5.74) is 0. The van der Waals surface area contributed by atoms with E-state index in [9.17, 15) is 0 Å². The highest BCUT2D eigenvalue weighted by Crippen LogP contribution is 2.31. The second kappa shape index (κ2) is 11.8. The lowest BCUT2D eigenvalue weighted by Gasteiger charge is -2.45. The van der Waals surface area contributed by atoms with Gasteiger partial charge in [-0.2, -0.15) is 0 Å². The average molecular weight is 411 g/mol. The molecule has 0 N–H and O–H groups in total. The van der Waals surface area contributed by atoms with E-state index in [4.69, 9.17) is 0 Å². The number of rotatable bonds is 13. The van der Waals surface area contributed by atoms with Gasteiger partial charge < -0.3 is 0 Å². The van der Waals surface area contributed by atoms with Gasteiger partial charge in [0.05, 0.1) is 15.2 Å². The van der Waals surface area contributed by atoms with Crippen LogP contribution >= 0.6 is 0 Å². The maximum Gasteiger partial charge on any atom is 0.0824 e. The first-order chi connectivity index (χ1) is 13.6. The second-order valence-corrected chi connectivity index (χ2v) is 23.1. The van der Waals surface area contributed by atoms with Gasteiger partial charge in [-0.1, -0.05) is 161 Å². The Kier molecular flexibility index (Phi) is 9.74. The van der Waals surface area contributed by atoms with E-state index in [2.05, 4.69) is 87.6 Å². The van der Waals surface area contributed by atoms with Gasteiger partial charge in [-0.25, -0.2) is 0 Å². The molecule has 0 aliphatic carbocycles. The van der Waals surface area contributed by atoms with Crippen molar-refractivity contribution >= 4 is 25.6 Å². The summed E-state index contributed by atoms with van der Waals surface area (Å²) in [5.74, 6) is 0. The van der Waals surface area contributed by atoms with Crippen LogP contribution in [0, 0.1) is 0 Å². The lowest BCUT2D eigenvalue weighted by Crippen LogP contribution is -2.72. The van der Waals surface area contributed by atoms with E-state index in [-0.39, 0.29) is 0 Å². The Morgan fingerprint density at radius 3 is 1.18 bits per heavy atom. The molecule has 2 unspecified atom stereocenters. The topological polar surface area (TPSA) is 0 Å². The molecular weight excluding hydrogens is 368 g/mol. The molecule has 154 valence electrons. The molecule has 0 amide bonds. The normalized spacial score (nSPS) is 15.7. The fraction of sp³-hybridized carbons (Fsp3) is 0.538. The smallest absolute Gasteiger partial charge is 0.0669 e. The Balaban J connectivity index is 2.41. The van der Waals surface area contributed by atoms with Crippen LogP contribution in [0.15, 0.2) is 60.7 Å². The Morgan fingerprint density at radius 1 is 0.500 bits per heavy atom. The van der Waals surface area contributed by atoms with Crippen LogP contribution in [0.4, 0.5) is 0 Å². The van der Waals surface area contributed by atoms with Gasteiger partial charge in [0.1, 0.15) is 0 Å². The molecule has 2 aromatic carbocycles. The van der Waals surface area contributed by atoms with Gasteiger partial charge in [-0.15, -0.1) is 0 Å². The molecule has 0 aliphatic heterocycles. The molecule has 0 radical (unpaired) electrons. The van der Waals surface area contributed by atoms with Gasteiger partial charge in [-0.3, -0.25) is 0 Å². The summed E-state index contributed by atoms with van der Waals surface area (Å²) in [6.07, 6.45) is 11.1. The third-order valence-electron chi connectivity index (χ3n) is 7.10. The molecule has 2 aromatic rings. The quantitative estimate of drug-likeness (QED) is 0.242. The molecule has 0 saturated carbocycles. The molecular formula is C26H42Si2. The Bertz CT molecular complexity index is 595. The van der Waals surface area contributed by atoms with E-state index in [0.29, 0.717) is 0 Å². The van der Waals surface area contributed by atoms with Gasteiger partial charge in [0.2, 0.25) is 0 Å². The van der Waals surface area contributed by atoms with Crippen LogP contribution in [0.1, 0.15) is 65.2 Å². The zero-order chi connectivity index (χ0) is 20.3. The highest BCUT2D eigenvalue weighted by Gasteiger charge is 2.49. The first-order valence-corrected chi connectivity index (χ1v) is 18.1. The summed E-state index contributed by atoms with van der Waals surface area (Å²) in [7, 11) is -3.18. The highest BCUT2D eigenvalue weighted by atomic mass is 29.3. The van der Waals surface area contributed by atoms with Crippen LogP contribution in [0.3, 0.4) is 0 Å². The molecule has 0 aliphatic rings. The SMILES string of the molecule is CCCCCC[Si](C)(c1ccccc1)[Si](C)(CCCCCC)c1ccccc1. The van der Waals surface area contributed by atoms with Crippen molar-refractivity contribution in [1.29, 1.82) is 0 Å². The first kappa shape index (κ1) is 23.2. The van der Waals surface area contributed by atoms with E-state index in [1.807, 2.05) is 0 Å². The number of hydrogen-bond donors (Lipinski definition) is 0. The van der Waals surface area contributed by atoms with Crippen molar-refractivity contribution in [3.05, 3.63) is 60.7 Å². The zero-order valence-corrected chi connectivity index (χ0v) is 20.8. The number of benzene rings is 2. The van der Waals surface area contributed by atoms with Gasteiger partial charge in [0.25, 0.3) is 0 Å². The standard InChI is InChI=1S/C26H42Si2/c1-5-7-9-17-23-27(3,25-19-13-11-14-20-25)28(4,24-18-10-8-6-2)26-21-15-12-16-22-26/h11-16,19-22H,5-10,17-18,23-24H2,1-4H3. The minimum absolute atomic E-state index is 1.33. The van der Waals surface area contributed by atoms with Crippen LogP contribution in [-0.2, 0) is 0 Å². The van der Waals surface area contributed by atoms with Crippen molar-refractivity contribution in [2.45, 2.75) is 90.4 Å². The largest absolute Gasteiger partial charge is 0.0824 e. The summed E-state index contributed by atoms with van der Waals surface area (Å²) in [6.45, 7) is 10.1. The van der Waals surface area contributed by atoms with Crippen molar-refractivity contribution in [3.63, 3.8) is 0 Å². The highest BCUT2D eigenvalue weighted by molar-refractivity contribution is 7.50. The van der Waals surface area contributed by atoms with Crippen molar-refractivity contribution in [3.8, 4) is 0 Å². The maximum absolute atomic E-state index is 2.74. The molecule has 0 aromatic heterocycles. The van der Waals surface area contributed by atoms with Crippen molar-refractivity contribution < 1.29 is 0 Å². The molecule has 0 bridgehead atoms. The minimum Gasteiger partial charge on any atom is -0.0669 e. The summed E-state index contributed by atoms with van der Waals surface area (Å²) < 4.78 is 0. The Hall–Kier alpha value is -1.13. The minimum atomic E-state index is -1.59. The molecule has 0 spiro atoms. The van der Waals surface area contributed by atoms with Crippen LogP contribution in [0.25, 0.3) is 0 Å². The van der Waals surface area contributed by atoms with E-state index in [1.165, 1.54) is 63.5 Å². The first-order valence-electron chi connectivity index (χ1n) is 11.7. The van der Waals surface area contributed by atoms with E-state index in [0.717, 1.165) is 0 Å². The molecule has 0 fully saturated rings. The van der Waals surface area contributed by atoms with E-state index in [1.54, 1.807) is 10.4 Å². The van der Waals surface area contributed by atoms with E-state index >= 15 is 0 Å². The molecule has 0 nitrogen and oxygen atoms in total. The molecule has 2 atom stereocenters. The monoisotopic (exact) mass is 410 g/mol. The van der Waals surface area contributed by atoms with E-state index < -0.39 is 15.2 Å². The zero-order valence-electron chi connectivity index (χ0n) is 18.8. The predicted molar refractivity (Wildman–Crippen MR) is 133 cm³/mol. The van der Waals surface area contributed by atoms with Gasteiger partial charge in [0, 0.05) is 0 Å². The predicted octanol–water partition coefficient (Wildman–Crippen LogP) is 7.20. The van der Waals surface area contributed by atoms with Gasteiger partial charge in [0.15, 0.2) is 0 Å². The number of unbranched alkanes of at least 4 members (excludes halogenated alkanes) is 6.